The van der Waals surface area contributed by atoms with Crippen molar-refractivity contribution in [3.63, 3.8) is 0 Å². The second-order valence-electron chi connectivity index (χ2n) is 4.93. The number of phenolic OH excluding ortho intramolecular Hbond substituents is 1. The van der Waals surface area contributed by atoms with Crippen LogP contribution in [0.1, 0.15) is 29.2 Å². The van der Waals surface area contributed by atoms with Crippen LogP contribution in [-0.2, 0) is 6.42 Å². The number of anilines is 1. The van der Waals surface area contributed by atoms with Gasteiger partial charge in [0.25, 0.3) is 5.91 Å². The van der Waals surface area contributed by atoms with E-state index in [-0.39, 0.29) is 20.6 Å². The van der Waals surface area contributed by atoms with Crippen LogP contribution in [0.25, 0.3) is 0 Å². The van der Waals surface area contributed by atoms with Gasteiger partial charge in [0, 0.05) is 6.42 Å². The Kier molecular flexibility index (Phi) is 5.50. The van der Waals surface area contributed by atoms with Crippen molar-refractivity contribution < 1.29 is 9.90 Å². The Morgan fingerprint density at radius 2 is 2.00 bits per heavy atom. The fraction of sp³-hybridized carbons (Fsp3) is 0.308. The highest BCUT2D eigenvalue weighted by atomic mass is 35.5. The van der Waals surface area contributed by atoms with Crippen molar-refractivity contribution in [2.45, 2.75) is 20.3 Å². The average Bonchev–Trinajstić information content (AvgIpc) is 2.83. The molecule has 0 spiro atoms. The van der Waals surface area contributed by atoms with E-state index >= 15 is 0 Å². The van der Waals surface area contributed by atoms with E-state index in [2.05, 4.69) is 29.4 Å². The number of benzene rings is 1. The smallest absolute Gasteiger partial charge is 0.262 e. The van der Waals surface area contributed by atoms with Gasteiger partial charge in [-0.2, -0.15) is 0 Å². The lowest BCUT2D eigenvalue weighted by Crippen LogP contribution is -2.13. The number of nitrogens with zero attached hydrogens (tertiary/aromatic N) is 2. The van der Waals surface area contributed by atoms with Crippen molar-refractivity contribution in [3.05, 3.63) is 31.7 Å². The van der Waals surface area contributed by atoms with Crippen molar-refractivity contribution in [2.75, 3.05) is 5.32 Å². The largest absolute Gasteiger partial charge is 0.505 e. The van der Waals surface area contributed by atoms with Gasteiger partial charge in [0.15, 0.2) is 0 Å². The van der Waals surface area contributed by atoms with Crippen LogP contribution in [0, 0.1) is 5.92 Å². The van der Waals surface area contributed by atoms with Crippen molar-refractivity contribution in [1.82, 2.24) is 10.2 Å². The van der Waals surface area contributed by atoms with Crippen molar-refractivity contribution in [3.8, 4) is 5.75 Å². The van der Waals surface area contributed by atoms with Crippen LogP contribution >= 0.6 is 46.1 Å². The number of amides is 1. The Labute approximate surface area is 146 Å². The third kappa shape index (κ3) is 3.81. The van der Waals surface area contributed by atoms with Gasteiger partial charge in [0.2, 0.25) is 5.13 Å². The van der Waals surface area contributed by atoms with E-state index in [0.717, 1.165) is 11.4 Å². The number of carbonyl (C=O) groups excluding carboxylic acids is 1. The highest BCUT2D eigenvalue weighted by molar-refractivity contribution is 7.15. The van der Waals surface area contributed by atoms with Crippen LogP contribution in [0.4, 0.5) is 5.13 Å². The molecule has 0 unspecified atom stereocenters. The maximum Gasteiger partial charge on any atom is 0.262 e. The summed E-state index contributed by atoms with van der Waals surface area (Å²) in [5, 5.41) is 21.4. The molecular weight excluding hydrogens is 369 g/mol. The van der Waals surface area contributed by atoms with Crippen LogP contribution in [0.15, 0.2) is 6.07 Å². The Morgan fingerprint density at radius 3 is 2.64 bits per heavy atom. The van der Waals surface area contributed by atoms with E-state index in [4.69, 9.17) is 34.8 Å². The molecule has 9 heteroatoms. The zero-order chi connectivity index (χ0) is 16.4. The van der Waals surface area contributed by atoms with Gasteiger partial charge in [-0.1, -0.05) is 60.0 Å². The van der Waals surface area contributed by atoms with Gasteiger partial charge >= 0.3 is 0 Å². The van der Waals surface area contributed by atoms with Crippen LogP contribution in [-0.4, -0.2) is 21.2 Å². The molecule has 118 valence electrons. The van der Waals surface area contributed by atoms with Gasteiger partial charge in [-0.05, 0) is 12.0 Å². The fourth-order valence-corrected chi connectivity index (χ4v) is 3.33. The van der Waals surface area contributed by atoms with Gasteiger partial charge in [-0.3, -0.25) is 10.1 Å². The molecule has 1 aromatic heterocycles. The molecule has 2 rings (SSSR count). The molecule has 2 N–H and O–H groups in total. The number of hydrogen-bond donors (Lipinski definition) is 2. The number of aromatic hydroxyl groups is 1. The van der Waals surface area contributed by atoms with E-state index in [0.29, 0.717) is 11.0 Å². The Bertz CT molecular complexity index is 693. The highest BCUT2D eigenvalue weighted by Gasteiger charge is 2.22. The monoisotopic (exact) mass is 379 g/mol. The summed E-state index contributed by atoms with van der Waals surface area (Å²) >= 11 is 18.9. The third-order valence-corrected chi connectivity index (χ3v) is 4.58. The lowest BCUT2D eigenvalue weighted by molar-refractivity contribution is 0.102. The zero-order valence-corrected chi connectivity index (χ0v) is 14.7. The number of carbonyl (C=O) groups is 1. The van der Waals surface area contributed by atoms with Gasteiger partial charge in [0.1, 0.15) is 16.3 Å². The quantitative estimate of drug-likeness (QED) is 0.757. The number of nitrogens with one attached hydrogen (secondary N) is 1. The van der Waals surface area contributed by atoms with Crippen molar-refractivity contribution in [1.29, 1.82) is 0 Å². The number of hydrogen-bond acceptors (Lipinski definition) is 5. The second-order valence-corrected chi connectivity index (χ2v) is 7.19. The summed E-state index contributed by atoms with van der Waals surface area (Å²) in [5.74, 6) is -0.652. The van der Waals surface area contributed by atoms with E-state index in [1.165, 1.54) is 17.4 Å². The van der Waals surface area contributed by atoms with Crippen LogP contribution in [0.3, 0.4) is 0 Å². The molecule has 5 nitrogen and oxygen atoms in total. The Morgan fingerprint density at radius 1 is 1.32 bits per heavy atom. The summed E-state index contributed by atoms with van der Waals surface area (Å²) in [6.45, 7) is 4.12. The van der Waals surface area contributed by atoms with E-state index in [1.54, 1.807) is 0 Å². The summed E-state index contributed by atoms with van der Waals surface area (Å²) < 4.78 is 0. The normalized spacial score (nSPS) is 11.0. The first-order valence-corrected chi connectivity index (χ1v) is 8.24. The van der Waals surface area contributed by atoms with Gasteiger partial charge in [0.05, 0.1) is 15.1 Å². The molecular formula is C13H12Cl3N3O2S. The number of halogens is 3. The first-order chi connectivity index (χ1) is 10.3. The summed E-state index contributed by atoms with van der Waals surface area (Å²) in [6.07, 6.45) is 0.766. The van der Waals surface area contributed by atoms with Crippen LogP contribution in [0.5, 0.6) is 5.75 Å². The molecule has 22 heavy (non-hydrogen) atoms. The molecule has 0 radical (unpaired) electrons. The van der Waals surface area contributed by atoms with Gasteiger partial charge in [-0.25, -0.2) is 0 Å². The first-order valence-electron chi connectivity index (χ1n) is 6.29. The Balaban J connectivity index is 2.25. The van der Waals surface area contributed by atoms with Crippen LogP contribution < -0.4 is 5.32 Å². The molecule has 0 saturated carbocycles. The molecule has 1 amide bonds. The predicted octanol–water partition coefficient (Wildman–Crippen LogP) is 4.65. The zero-order valence-electron chi connectivity index (χ0n) is 11.7. The molecule has 2 aromatic rings. The molecule has 1 heterocycles. The number of aromatic nitrogens is 2. The summed E-state index contributed by atoms with van der Waals surface area (Å²) in [5.41, 5.74) is -0.195. The lowest BCUT2D eigenvalue weighted by Gasteiger charge is -2.09. The van der Waals surface area contributed by atoms with Crippen molar-refractivity contribution >= 4 is 57.2 Å². The first kappa shape index (κ1) is 17.3. The van der Waals surface area contributed by atoms with E-state index < -0.39 is 11.7 Å². The minimum atomic E-state index is -0.654. The molecule has 0 aliphatic carbocycles. The Hall–Kier alpha value is -1.08. The van der Waals surface area contributed by atoms with Crippen LogP contribution in [0.2, 0.25) is 15.1 Å². The van der Waals surface area contributed by atoms with E-state index in [9.17, 15) is 9.90 Å². The maximum absolute atomic E-state index is 12.3. The summed E-state index contributed by atoms with van der Waals surface area (Å²) in [4.78, 5) is 12.3. The van der Waals surface area contributed by atoms with Gasteiger partial charge in [-0.15, -0.1) is 10.2 Å². The lowest BCUT2D eigenvalue weighted by atomic mass is 10.1. The van der Waals surface area contributed by atoms with E-state index in [1.807, 2.05) is 0 Å². The molecule has 0 fully saturated rings. The maximum atomic E-state index is 12.3. The fourth-order valence-electron chi connectivity index (χ4n) is 1.69. The molecule has 1 aromatic carbocycles. The van der Waals surface area contributed by atoms with Crippen molar-refractivity contribution in [2.24, 2.45) is 5.92 Å². The third-order valence-electron chi connectivity index (χ3n) is 2.64. The number of rotatable bonds is 4. The standard InChI is InChI=1S/C13H12Cl3N3O2S/c1-5(2)3-8-18-19-13(22-8)17-12(21)9-10(16)6(14)4-7(15)11(9)20/h4-5,20H,3H2,1-2H3,(H,17,19,21). The minimum absolute atomic E-state index is 0.0580. The molecule has 0 bridgehead atoms. The highest BCUT2D eigenvalue weighted by Crippen LogP contribution is 2.38. The SMILES string of the molecule is CC(C)Cc1nnc(NC(=O)c2c(O)c(Cl)cc(Cl)c2Cl)s1. The number of phenols is 1. The molecule has 0 saturated heterocycles. The molecule has 0 aliphatic rings. The molecule has 0 aliphatic heterocycles. The molecule has 0 atom stereocenters. The summed E-state index contributed by atoms with van der Waals surface area (Å²) in [6, 6.07) is 1.27. The summed E-state index contributed by atoms with van der Waals surface area (Å²) in [7, 11) is 0. The van der Waals surface area contributed by atoms with Gasteiger partial charge < -0.3 is 5.11 Å². The predicted molar refractivity (Wildman–Crippen MR) is 89.5 cm³/mol. The minimum Gasteiger partial charge on any atom is -0.505 e. The topological polar surface area (TPSA) is 75.1 Å². The second kappa shape index (κ2) is 7.00. The average molecular weight is 381 g/mol.